The van der Waals surface area contributed by atoms with E-state index in [1.165, 1.54) is 35.2 Å². The number of hydrazine groups is 1. The third-order valence-corrected chi connectivity index (χ3v) is 7.80. The number of aliphatic imine (C=N–C) groups is 1. The molecule has 170 valence electrons. The number of hydrogen-bond donors (Lipinski definition) is 3. The molecule has 0 amide bonds. The van der Waals surface area contributed by atoms with E-state index in [4.69, 9.17) is 16.6 Å². The highest BCUT2D eigenvalue weighted by atomic mass is 15.2. The Morgan fingerprint density at radius 2 is 1.94 bits per heavy atom. The number of aryl methyl sites for hydroxylation is 1. The molecule has 0 aromatic heterocycles. The number of rotatable bonds is 5. The van der Waals surface area contributed by atoms with Gasteiger partial charge < -0.3 is 16.1 Å². The maximum Gasteiger partial charge on any atom is 0.104 e. The van der Waals surface area contributed by atoms with E-state index in [9.17, 15) is 0 Å². The van der Waals surface area contributed by atoms with Crippen LogP contribution in [-0.4, -0.2) is 24.8 Å². The van der Waals surface area contributed by atoms with E-state index in [0.29, 0.717) is 5.70 Å². The normalized spacial score (nSPS) is 25.4. The summed E-state index contributed by atoms with van der Waals surface area (Å²) in [5.74, 6) is 5.80. The molecule has 3 atom stereocenters. The standard InChI is InChI=1S/C28H33N5/c1-17-10-11-26(32-30)24-16-31-28(19(3)23(27(17)24)15-25(28)20(4)29)18(2)21-8-7-9-22(14-21)33-12-5-6-13-33/h7-11,14-16,19,25,32H,2,4-6,12-13,29-30H2,1,3H3. The van der Waals surface area contributed by atoms with Gasteiger partial charge in [0.2, 0.25) is 0 Å². The van der Waals surface area contributed by atoms with E-state index < -0.39 is 5.54 Å². The molecule has 3 aliphatic rings. The van der Waals surface area contributed by atoms with Gasteiger partial charge in [0.15, 0.2) is 0 Å². The van der Waals surface area contributed by atoms with Gasteiger partial charge in [-0.2, -0.15) is 0 Å². The van der Waals surface area contributed by atoms with Gasteiger partial charge in [-0.25, -0.2) is 0 Å². The van der Waals surface area contributed by atoms with Crippen molar-refractivity contribution in [3.05, 3.63) is 83.6 Å². The summed E-state index contributed by atoms with van der Waals surface area (Å²) in [7, 11) is 0. The lowest BCUT2D eigenvalue weighted by molar-refractivity contribution is 0.408. The average molecular weight is 440 g/mol. The van der Waals surface area contributed by atoms with Crippen LogP contribution in [0.5, 0.6) is 0 Å². The van der Waals surface area contributed by atoms with Crippen molar-refractivity contribution in [2.24, 2.45) is 28.4 Å². The Bertz CT molecular complexity index is 1200. The van der Waals surface area contributed by atoms with E-state index in [0.717, 1.165) is 35.5 Å². The molecule has 2 bridgehead atoms. The van der Waals surface area contributed by atoms with Crippen LogP contribution in [0.1, 0.15) is 42.0 Å². The van der Waals surface area contributed by atoms with Gasteiger partial charge in [-0.3, -0.25) is 10.8 Å². The van der Waals surface area contributed by atoms with Crippen molar-refractivity contribution in [3.8, 4) is 0 Å². The van der Waals surface area contributed by atoms with Gasteiger partial charge in [0.05, 0.1) is 5.69 Å². The van der Waals surface area contributed by atoms with Crippen LogP contribution in [0.25, 0.3) is 11.1 Å². The second-order valence-corrected chi connectivity index (χ2v) is 9.57. The van der Waals surface area contributed by atoms with E-state index in [2.05, 4.69) is 73.7 Å². The number of nitrogens with zero attached hydrogens (tertiary/aromatic N) is 2. The number of benzene rings is 2. The highest BCUT2D eigenvalue weighted by Crippen LogP contribution is 2.56. The highest BCUT2D eigenvalue weighted by Gasteiger charge is 2.53. The SMILES string of the molecule is C=C(N)C1C=C2c3c(C)ccc(NN)c3C=NC1(C(=C)c1cccc(N3CCCC3)c1)C2C. The number of nitrogens with one attached hydrogen (secondary N) is 1. The second kappa shape index (κ2) is 7.92. The largest absolute Gasteiger partial charge is 0.402 e. The van der Waals surface area contributed by atoms with Crippen molar-refractivity contribution in [1.29, 1.82) is 0 Å². The molecule has 2 aliphatic heterocycles. The summed E-state index contributed by atoms with van der Waals surface area (Å²) < 4.78 is 0. The maximum atomic E-state index is 6.42. The molecule has 5 nitrogen and oxygen atoms in total. The van der Waals surface area contributed by atoms with Crippen molar-refractivity contribution in [3.63, 3.8) is 0 Å². The molecule has 0 spiro atoms. The van der Waals surface area contributed by atoms with Gasteiger partial charge in [0.25, 0.3) is 0 Å². The fourth-order valence-electron chi connectivity index (χ4n) is 6.01. The lowest BCUT2D eigenvalue weighted by Crippen LogP contribution is -2.41. The zero-order valence-electron chi connectivity index (χ0n) is 19.6. The Balaban J connectivity index is 1.67. The second-order valence-electron chi connectivity index (χ2n) is 9.57. The first-order chi connectivity index (χ1) is 15.9. The number of fused-ring (bicyclic) bond motifs is 4. The van der Waals surface area contributed by atoms with Crippen LogP contribution in [0.3, 0.4) is 0 Å². The van der Waals surface area contributed by atoms with Crippen LogP contribution in [0.4, 0.5) is 11.4 Å². The Kier molecular flexibility index (Phi) is 5.17. The summed E-state index contributed by atoms with van der Waals surface area (Å²) >= 11 is 0. The van der Waals surface area contributed by atoms with E-state index >= 15 is 0 Å². The first-order valence-corrected chi connectivity index (χ1v) is 11.7. The summed E-state index contributed by atoms with van der Waals surface area (Å²) in [6, 6.07) is 12.8. The van der Waals surface area contributed by atoms with Crippen LogP contribution in [0.2, 0.25) is 0 Å². The number of anilines is 2. The lowest BCUT2D eigenvalue weighted by atomic mass is 9.70. The summed E-state index contributed by atoms with van der Waals surface area (Å²) in [5, 5.41) is 0. The van der Waals surface area contributed by atoms with Crippen molar-refractivity contribution in [1.82, 2.24) is 0 Å². The lowest BCUT2D eigenvalue weighted by Gasteiger charge is -2.38. The summed E-state index contributed by atoms with van der Waals surface area (Å²) in [4.78, 5) is 7.72. The molecule has 5 rings (SSSR count). The molecule has 0 saturated carbocycles. The molecule has 2 heterocycles. The molecule has 33 heavy (non-hydrogen) atoms. The third kappa shape index (κ3) is 3.14. The topological polar surface area (TPSA) is 79.7 Å². The Hall–Kier alpha value is -3.31. The average Bonchev–Trinajstić information content (AvgIpc) is 3.41. The minimum Gasteiger partial charge on any atom is -0.402 e. The Labute approximate surface area is 196 Å². The van der Waals surface area contributed by atoms with Crippen molar-refractivity contribution in [2.75, 3.05) is 23.4 Å². The monoisotopic (exact) mass is 439 g/mol. The summed E-state index contributed by atoms with van der Waals surface area (Å²) in [6.07, 6.45) is 6.70. The molecule has 1 saturated heterocycles. The Morgan fingerprint density at radius 3 is 2.64 bits per heavy atom. The third-order valence-electron chi connectivity index (χ3n) is 7.80. The van der Waals surface area contributed by atoms with Crippen LogP contribution in [0.15, 0.2) is 66.3 Å². The van der Waals surface area contributed by atoms with Gasteiger partial charge in [-0.05, 0) is 65.8 Å². The first-order valence-electron chi connectivity index (χ1n) is 11.7. The van der Waals surface area contributed by atoms with Crippen LogP contribution in [-0.2, 0) is 0 Å². The van der Waals surface area contributed by atoms with E-state index in [1.54, 1.807) is 0 Å². The fourth-order valence-corrected chi connectivity index (χ4v) is 6.01. The Morgan fingerprint density at radius 1 is 1.18 bits per heavy atom. The summed E-state index contributed by atoms with van der Waals surface area (Å²) in [6.45, 7) is 15.4. The van der Waals surface area contributed by atoms with Crippen molar-refractivity contribution >= 4 is 28.7 Å². The smallest absolute Gasteiger partial charge is 0.104 e. The maximum absolute atomic E-state index is 6.42. The minimum atomic E-state index is -0.637. The zero-order chi connectivity index (χ0) is 23.3. The quantitative estimate of drug-likeness (QED) is 0.458. The fraction of sp³-hybridized carbons (Fsp3) is 0.321. The zero-order valence-corrected chi connectivity index (χ0v) is 19.6. The minimum absolute atomic E-state index is 0.0787. The van der Waals surface area contributed by atoms with Crippen molar-refractivity contribution in [2.45, 2.75) is 32.2 Å². The van der Waals surface area contributed by atoms with E-state index in [1.807, 2.05) is 12.3 Å². The molecule has 1 fully saturated rings. The molecule has 5 N–H and O–H groups in total. The van der Waals surface area contributed by atoms with Gasteiger partial charge in [-0.15, -0.1) is 0 Å². The van der Waals surface area contributed by atoms with Crippen molar-refractivity contribution < 1.29 is 0 Å². The molecule has 1 aliphatic carbocycles. The first kappa shape index (κ1) is 21.5. The molecule has 2 aromatic rings. The molecule has 2 aromatic carbocycles. The predicted molar refractivity (Wildman–Crippen MR) is 140 cm³/mol. The molecular formula is C28H33N5. The summed E-state index contributed by atoms with van der Waals surface area (Å²) in [5.41, 5.74) is 18.0. The van der Waals surface area contributed by atoms with Gasteiger partial charge in [0.1, 0.15) is 5.54 Å². The van der Waals surface area contributed by atoms with Gasteiger partial charge in [0, 0.05) is 48.1 Å². The molecule has 3 unspecified atom stereocenters. The number of nitrogens with two attached hydrogens (primary N) is 2. The van der Waals surface area contributed by atoms with Gasteiger partial charge >= 0.3 is 0 Å². The molecule has 0 radical (unpaired) electrons. The van der Waals surface area contributed by atoms with Crippen LogP contribution < -0.4 is 21.9 Å². The van der Waals surface area contributed by atoms with Crippen LogP contribution in [0, 0.1) is 18.8 Å². The molecule has 5 heteroatoms. The highest BCUT2D eigenvalue weighted by molar-refractivity contribution is 6.01. The predicted octanol–water partition coefficient (Wildman–Crippen LogP) is 4.89. The van der Waals surface area contributed by atoms with Crippen LogP contribution >= 0.6 is 0 Å². The molecular weight excluding hydrogens is 406 g/mol. The van der Waals surface area contributed by atoms with E-state index in [-0.39, 0.29) is 11.8 Å². The number of hydrogen-bond acceptors (Lipinski definition) is 5. The number of nitrogen functional groups attached to an aromatic ring is 1. The van der Waals surface area contributed by atoms with Gasteiger partial charge in [-0.1, -0.05) is 44.4 Å².